The molecule has 314 valence electrons. The molecule has 4 heterocycles. The molecule has 14 rings (SSSR count). The van der Waals surface area contributed by atoms with Gasteiger partial charge in [-0.05, 0) is 75.7 Å². The Morgan fingerprint density at radius 1 is 0.379 bits per heavy atom. The Hall–Kier alpha value is -8.35. The van der Waals surface area contributed by atoms with Gasteiger partial charge in [-0.3, -0.25) is 4.57 Å². The molecular formula is C60H42N4O2. The van der Waals surface area contributed by atoms with Crippen LogP contribution in [-0.2, 0) is 5.41 Å². The number of fused-ring (bicyclic) bond motifs is 14. The van der Waals surface area contributed by atoms with Crippen molar-refractivity contribution in [1.82, 2.24) is 19.5 Å². The summed E-state index contributed by atoms with van der Waals surface area (Å²) in [5.41, 5.74) is 14.3. The van der Waals surface area contributed by atoms with Crippen molar-refractivity contribution in [2.45, 2.75) is 33.1 Å². The highest BCUT2D eigenvalue weighted by atomic mass is 16.3. The Balaban J connectivity index is 0.00000215. The Labute approximate surface area is 380 Å². The maximum Gasteiger partial charge on any atom is 0.238 e. The smallest absolute Gasteiger partial charge is 0.238 e. The molecule has 6 heteroatoms. The van der Waals surface area contributed by atoms with E-state index in [0.717, 1.165) is 98.7 Å². The van der Waals surface area contributed by atoms with Gasteiger partial charge in [-0.15, -0.1) is 0 Å². The van der Waals surface area contributed by atoms with Crippen molar-refractivity contribution in [3.63, 3.8) is 0 Å². The Bertz CT molecular complexity index is 4000. The van der Waals surface area contributed by atoms with Crippen molar-refractivity contribution in [2.24, 2.45) is 0 Å². The summed E-state index contributed by atoms with van der Waals surface area (Å²) in [6, 6.07) is 64.3. The van der Waals surface area contributed by atoms with Crippen LogP contribution in [-0.4, -0.2) is 19.5 Å². The number of hydrogen-bond donors (Lipinski definition) is 0. The second-order valence-electron chi connectivity index (χ2n) is 17.6. The summed E-state index contributed by atoms with van der Waals surface area (Å²) in [5, 5.41) is 8.73. The molecule has 0 unspecified atom stereocenters. The van der Waals surface area contributed by atoms with Crippen LogP contribution in [0.1, 0.15) is 38.8 Å². The van der Waals surface area contributed by atoms with Gasteiger partial charge in [0.05, 0.1) is 11.0 Å². The lowest BCUT2D eigenvalue weighted by Crippen LogP contribution is -2.14. The molecule has 1 aliphatic rings. The molecule has 6 nitrogen and oxygen atoms in total. The average Bonchev–Trinajstić information content (AvgIpc) is 4.10. The fraction of sp³-hybridized carbons (Fsp3) is 0.0833. The number of aromatic nitrogens is 4. The van der Waals surface area contributed by atoms with Gasteiger partial charge in [-0.25, -0.2) is 4.98 Å². The number of hydrogen-bond acceptors (Lipinski definition) is 5. The van der Waals surface area contributed by atoms with Gasteiger partial charge in [0.25, 0.3) is 0 Å². The normalized spacial score (nSPS) is 13.0. The van der Waals surface area contributed by atoms with Gasteiger partial charge in [-0.2, -0.15) is 9.97 Å². The summed E-state index contributed by atoms with van der Waals surface area (Å²) >= 11 is 0. The summed E-state index contributed by atoms with van der Waals surface area (Å²) in [6.07, 6.45) is 0. The lowest BCUT2D eigenvalue weighted by atomic mass is 9.82. The number of para-hydroxylation sites is 3. The van der Waals surface area contributed by atoms with Crippen LogP contribution >= 0.6 is 0 Å². The molecule has 0 bridgehead atoms. The summed E-state index contributed by atoms with van der Waals surface area (Å²) in [4.78, 5) is 16.2. The summed E-state index contributed by atoms with van der Waals surface area (Å²) < 4.78 is 15.1. The van der Waals surface area contributed by atoms with Crippen LogP contribution in [0.5, 0.6) is 0 Å². The average molecular weight is 851 g/mol. The molecule has 1 aliphatic carbocycles. The predicted octanol–water partition coefficient (Wildman–Crippen LogP) is 16.3. The SMILES string of the molecule is CC.CC1(C)c2ccccc2-c2cc(-c3cccc4c5ccc6ccccc6c5n(-c5nc(-c6ccc7c(c6)oc6ccccc67)nc(-c6ccc7c(c6)oc6ccccc67)n5)c34)ccc21. The zero-order valence-corrected chi connectivity index (χ0v) is 36.9. The topological polar surface area (TPSA) is 69.9 Å². The second kappa shape index (κ2) is 14.3. The van der Waals surface area contributed by atoms with E-state index in [0.29, 0.717) is 17.6 Å². The summed E-state index contributed by atoms with van der Waals surface area (Å²) in [5.74, 6) is 1.60. The molecule has 0 saturated carbocycles. The van der Waals surface area contributed by atoms with Crippen LogP contribution < -0.4 is 0 Å². The highest BCUT2D eigenvalue weighted by molar-refractivity contribution is 6.21. The van der Waals surface area contributed by atoms with Crippen LogP contribution in [0, 0.1) is 0 Å². The van der Waals surface area contributed by atoms with Crippen LogP contribution in [0.3, 0.4) is 0 Å². The molecule has 0 fully saturated rings. The maximum absolute atomic E-state index is 6.41. The Morgan fingerprint density at radius 2 is 0.894 bits per heavy atom. The fourth-order valence-electron chi connectivity index (χ4n) is 10.6. The quantitative estimate of drug-likeness (QED) is 0.176. The highest BCUT2D eigenvalue weighted by Crippen LogP contribution is 2.50. The van der Waals surface area contributed by atoms with Crippen molar-refractivity contribution in [3.05, 3.63) is 193 Å². The first-order valence-corrected chi connectivity index (χ1v) is 22.8. The first-order valence-electron chi connectivity index (χ1n) is 22.8. The third-order valence-electron chi connectivity index (χ3n) is 13.7. The molecule has 0 N–H and O–H groups in total. The number of benzene rings is 9. The van der Waals surface area contributed by atoms with Crippen LogP contribution in [0.4, 0.5) is 0 Å². The van der Waals surface area contributed by atoms with Crippen molar-refractivity contribution in [1.29, 1.82) is 0 Å². The molecule has 0 spiro atoms. The van der Waals surface area contributed by atoms with Gasteiger partial charge in [0.2, 0.25) is 5.95 Å². The maximum atomic E-state index is 6.41. The van der Waals surface area contributed by atoms with Gasteiger partial charge in [-0.1, -0.05) is 167 Å². The number of furan rings is 2. The highest BCUT2D eigenvalue weighted by Gasteiger charge is 2.35. The molecule has 9 aromatic carbocycles. The van der Waals surface area contributed by atoms with Crippen molar-refractivity contribution in [3.8, 4) is 51.0 Å². The summed E-state index contributed by atoms with van der Waals surface area (Å²) in [6.45, 7) is 8.66. The van der Waals surface area contributed by atoms with Crippen LogP contribution in [0.25, 0.3) is 127 Å². The van der Waals surface area contributed by atoms with Crippen molar-refractivity contribution in [2.75, 3.05) is 0 Å². The monoisotopic (exact) mass is 850 g/mol. The molecule has 0 amide bonds. The van der Waals surface area contributed by atoms with E-state index in [-0.39, 0.29) is 5.41 Å². The standard InChI is InChI=1S/C58H36N4O2.C2H6/c1-58(2)47-19-8-5-14-39(47)46-30-34(25-29-48(46)58)38-17-11-18-44-45-28-22-33-12-3-4-13-37(33)53(45)62(54(38)44)57-60-55(35-23-26-42-40-15-6-9-20-49(40)63-51(42)31-35)59-56(61-57)36-24-27-43-41-16-7-10-21-50(41)64-52(43)32-36;1-2/h3-32H,1-2H3;1-2H3. The first-order chi connectivity index (χ1) is 32.5. The predicted molar refractivity (Wildman–Crippen MR) is 271 cm³/mol. The lowest BCUT2D eigenvalue weighted by molar-refractivity contribution is 0.660. The minimum atomic E-state index is -0.0985. The van der Waals surface area contributed by atoms with E-state index in [1.165, 1.54) is 22.3 Å². The third kappa shape index (κ3) is 5.51. The van der Waals surface area contributed by atoms with E-state index in [4.69, 9.17) is 23.8 Å². The van der Waals surface area contributed by atoms with Gasteiger partial charge in [0.15, 0.2) is 11.6 Å². The van der Waals surface area contributed by atoms with E-state index >= 15 is 0 Å². The molecule has 0 saturated heterocycles. The zero-order valence-electron chi connectivity index (χ0n) is 36.9. The molecule has 0 radical (unpaired) electrons. The molecular weight excluding hydrogens is 809 g/mol. The fourth-order valence-corrected chi connectivity index (χ4v) is 10.6. The minimum absolute atomic E-state index is 0.0985. The van der Waals surface area contributed by atoms with Crippen molar-refractivity contribution >= 4 is 76.5 Å². The van der Waals surface area contributed by atoms with E-state index in [2.05, 4.69) is 164 Å². The third-order valence-corrected chi connectivity index (χ3v) is 13.7. The van der Waals surface area contributed by atoms with Gasteiger partial charge < -0.3 is 8.83 Å². The summed E-state index contributed by atoms with van der Waals surface area (Å²) in [7, 11) is 0. The van der Waals surface area contributed by atoms with Gasteiger partial charge in [0.1, 0.15) is 22.3 Å². The van der Waals surface area contributed by atoms with Crippen molar-refractivity contribution < 1.29 is 8.83 Å². The largest absolute Gasteiger partial charge is 0.456 e. The molecule has 66 heavy (non-hydrogen) atoms. The minimum Gasteiger partial charge on any atom is -0.456 e. The van der Waals surface area contributed by atoms with E-state index in [1.807, 2.05) is 50.2 Å². The lowest BCUT2D eigenvalue weighted by Gasteiger charge is -2.21. The zero-order chi connectivity index (χ0) is 44.3. The first kappa shape index (κ1) is 38.1. The van der Waals surface area contributed by atoms with Gasteiger partial charge in [0, 0.05) is 59.8 Å². The van der Waals surface area contributed by atoms with Crippen LogP contribution in [0.15, 0.2) is 191 Å². The number of rotatable bonds is 4. The molecule has 0 atom stereocenters. The Morgan fingerprint density at radius 3 is 1.59 bits per heavy atom. The number of nitrogens with zero attached hydrogens (tertiary/aromatic N) is 4. The molecule has 13 aromatic rings. The van der Waals surface area contributed by atoms with Crippen LogP contribution in [0.2, 0.25) is 0 Å². The Kier molecular flexibility index (Phi) is 8.28. The van der Waals surface area contributed by atoms with Gasteiger partial charge >= 0.3 is 0 Å². The molecule has 4 aromatic heterocycles. The van der Waals surface area contributed by atoms with E-state index in [1.54, 1.807) is 0 Å². The van der Waals surface area contributed by atoms with E-state index < -0.39 is 0 Å². The van der Waals surface area contributed by atoms with E-state index in [9.17, 15) is 0 Å². The molecule has 0 aliphatic heterocycles. The second-order valence-corrected chi connectivity index (χ2v) is 17.6.